The number of imidazole rings is 1. The van der Waals surface area contributed by atoms with Crippen molar-refractivity contribution in [1.82, 2.24) is 9.97 Å². The number of benzene rings is 1. The van der Waals surface area contributed by atoms with Gasteiger partial charge in [0.2, 0.25) is 0 Å². The van der Waals surface area contributed by atoms with Crippen LogP contribution in [0, 0.1) is 6.92 Å². The van der Waals surface area contributed by atoms with Crippen molar-refractivity contribution >= 4 is 0 Å². The first-order valence-corrected chi connectivity index (χ1v) is 5.37. The number of H-pyrrole nitrogens is 1. The molecule has 1 aromatic heterocycles. The van der Waals surface area contributed by atoms with Gasteiger partial charge in [-0.3, -0.25) is 0 Å². The van der Waals surface area contributed by atoms with E-state index in [2.05, 4.69) is 41.2 Å². The van der Waals surface area contributed by atoms with Crippen LogP contribution in [0.15, 0.2) is 30.5 Å². The fourth-order valence-electron chi connectivity index (χ4n) is 1.81. The van der Waals surface area contributed by atoms with Gasteiger partial charge in [0.05, 0.1) is 0 Å². The first kappa shape index (κ1) is 9.97. The van der Waals surface area contributed by atoms with E-state index in [0.29, 0.717) is 0 Å². The molecule has 78 valence electrons. The van der Waals surface area contributed by atoms with Crippen LogP contribution in [0.4, 0.5) is 0 Å². The van der Waals surface area contributed by atoms with Crippen molar-refractivity contribution in [3.8, 4) is 0 Å². The summed E-state index contributed by atoms with van der Waals surface area (Å²) in [5.41, 5.74) is 3.90. The quantitative estimate of drug-likeness (QED) is 0.810. The molecule has 2 nitrogen and oxygen atoms in total. The van der Waals surface area contributed by atoms with Gasteiger partial charge in [0.1, 0.15) is 5.82 Å². The van der Waals surface area contributed by atoms with Crippen molar-refractivity contribution in [1.29, 1.82) is 0 Å². The number of aryl methyl sites for hydroxylation is 2. The molecule has 0 amide bonds. The minimum Gasteiger partial charge on any atom is -0.346 e. The zero-order valence-corrected chi connectivity index (χ0v) is 9.25. The first-order chi connectivity index (χ1) is 7.29. The van der Waals surface area contributed by atoms with Crippen molar-refractivity contribution in [2.45, 2.75) is 26.7 Å². The van der Waals surface area contributed by atoms with E-state index in [1.54, 1.807) is 0 Å². The van der Waals surface area contributed by atoms with Gasteiger partial charge in [-0.15, -0.1) is 0 Å². The van der Waals surface area contributed by atoms with Crippen molar-refractivity contribution in [2.75, 3.05) is 0 Å². The molecule has 0 bridgehead atoms. The molecule has 0 aliphatic carbocycles. The molecule has 0 aliphatic heterocycles. The Balaban J connectivity index is 2.23. The SMILES string of the molecule is CCc1ccccc1Cc1ncc(C)[nH]1. The lowest BCUT2D eigenvalue weighted by Gasteiger charge is -2.05. The van der Waals surface area contributed by atoms with E-state index >= 15 is 0 Å². The fraction of sp³-hybridized carbons (Fsp3) is 0.308. The number of aromatic amines is 1. The summed E-state index contributed by atoms with van der Waals surface area (Å²) in [4.78, 5) is 7.60. The van der Waals surface area contributed by atoms with Crippen LogP contribution in [0.5, 0.6) is 0 Å². The Labute approximate surface area is 90.4 Å². The Kier molecular flexibility index (Phi) is 2.86. The molecule has 1 N–H and O–H groups in total. The molecule has 2 heteroatoms. The zero-order chi connectivity index (χ0) is 10.7. The molecule has 0 aliphatic rings. The molecule has 2 rings (SSSR count). The summed E-state index contributed by atoms with van der Waals surface area (Å²) in [7, 11) is 0. The Hall–Kier alpha value is -1.57. The van der Waals surface area contributed by atoms with Crippen LogP contribution in [-0.4, -0.2) is 9.97 Å². The van der Waals surface area contributed by atoms with Crippen LogP contribution >= 0.6 is 0 Å². The van der Waals surface area contributed by atoms with Crippen LogP contribution < -0.4 is 0 Å². The minimum atomic E-state index is 0.901. The predicted molar refractivity (Wildman–Crippen MR) is 62.0 cm³/mol. The van der Waals surface area contributed by atoms with E-state index in [1.807, 2.05) is 13.1 Å². The maximum absolute atomic E-state index is 4.33. The number of aromatic nitrogens is 2. The van der Waals surface area contributed by atoms with Gasteiger partial charge in [-0.05, 0) is 24.5 Å². The second kappa shape index (κ2) is 4.30. The van der Waals surface area contributed by atoms with Crippen LogP contribution in [0.3, 0.4) is 0 Å². The molecular formula is C13H16N2. The van der Waals surface area contributed by atoms with Gasteiger partial charge in [0.25, 0.3) is 0 Å². The Bertz CT molecular complexity index is 443. The second-order valence-electron chi connectivity index (χ2n) is 3.81. The largest absolute Gasteiger partial charge is 0.346 e. The predicted octanol–water partition coefficient (Wildman–Crippen LogP) is 2.87. The number of hydrogen-bond acceptors (Lipinski definition) is 1. The maximum Gasteiger partial charge on any atom is 0.110 e. The summed E-state index contributed by atoms with van der Waals surface area (Å²) in [6.45, 7) is 4.22. The molecule has 2 aromatic rings. The highest BCUT2D eigenvalue weighted by Crippen LogP contribution is 2.13. The van der Waals surface area contributed by atoms with Gasteiger partial charge in [-0.25, -0.2) is 4.98 Å². The summed E-state index contributed by atoms with van der Waals surface area (Å²) in [5.74, 6) is 1.05. The third-order valence-corrected chi connectivity index (χ3v) is 2.61. The molecule has 15 heavy (non-hydrogen) atoms. The van der Waals surface area contributed by atoms with Crippen LogP contribution in [0.2, 0.25) is 0 Å². The minimum absolute atomic E-state index is 0.901. The van der Waals surface area contributed by atoms with E-state index < -0.39 is 0 Å². The Morgan fingerprint density at radius 1 is 1.20 bits per heavy atom. The highest BCUT2D eigenvalue weighted by atomic mass is 14.9. The van der Waals surface area contributed by atoms with E-state index in [4.69, 9.17) is 0 Å². The van der Waals surface area contributed by atoms with E-state index in [9.17, 15) is 0 Å². The van der Waals surface area contributed by atoms with E-state index in [1.165, 1.54) is 11.1 Å². The van der Waals surface area contributed by atoms with Crippen molar-refractivity contribution in [2.24, 2.45) is 0 Å². The normalized spacial score (nSPS) is 10.5. The maximum atomic E-state index is 4.33. The van der Waals surface area contributed by atoms with E-state index in [-0.39, 0.29) is 0 Å². The first-order valence-electron chi connectivity index (χ1n) is 5.37. The highest BCUT2D eigenvalue weighted by molar-refractivity contribution is 5.29. The number of rotatable bonds is 3. The Morgan fingerprint density at radius 2 is 1.93 bits per heavy atom. The van der Waals surface area contributed by atoms with Crippen molar-refractivity contribution in [3.05, 3.63) is 53.1 Å². The highest BCUT2D eigenvalue weighted by Gasteiger charge is 2.03. The van der Waals surface area contributed by atoms with Gasteiger partial charge >= 0.3 is 0 Å². The lowest BCUT2D eigenvalue weighted by molar-refractivity contribution is 0.982. The molecule has 0 saturated carbocycles. The van der Waals surface area contributed by atoms with Crippen LogP contribution in [-0.2, 0) is 12.8 Å². The van der Waals surface area contributed by atoms with Crippen molar-refractivity contribution in [3.63, 3.8) is 0 Å². The van der Waals surface area contributed by atoms with Gasteiger partial charge in [-0.2, -0.15) is 0 Å². The van der Waals surface area contributed by atoms with Crippen molar-refractivity contribution < 1.29 is 0 Å². The fourth-order valence-corrected chi connectivity index (χ4v) is 1.81. The topological polar surface area (TPSA) is 28.7 Å². The summed E-state index contributed by atoms with van der Waals surface area (Å²) in [5, 5.41) is 0. The number of nitrogens with one attached hydrogen (secondary N) is 1. The van der Waals surface area contributed by atoms with Crippen LogP contribution in [0.1, 0.15) is 29.6 Å². The monoisotopic (exact) mass is 200 g/mol. The standard InChI is InChI=1S/C13H16N2/c1-3-11-6-4-5-7-12(11)8-13-14-9-10(2)15-13/h4-7,9H,3,8H2,1-2H3,(H,14,15). The van der Waals surface area contributed by atoms with Gasteiger partial charge < -0.3 is 4.98 Å². The average Bonchev–Trinajstić information content (AvgIpc) is 2.65. The second-order valence-corrected chi connectivity index (χ2v) is 3.81. The molecule has 0 spiro atoms. The Morgan fingerprint density at radius 3 is 2.53 bits per heavy atom. The summed E-state index contributed by atoms with van der Waals surface area (Å²) < 4.78 is 0. The molecule has 0 saturated heterocycles. The van der Waals surface area contributed by atoms with E-state index in [0.717, 1.165) is 24.4 Å². The lowest BCUT2D eigenvalue weighted by atomic mass is 10.0. The van der Waals surface area contributed by atoms with Crippen LogP contribution in [0.25, 0.3) is 0 Å². The average molecular weight is 200 g/mol. The van der Waals surface area contributed by atoms with Gasteiger partial charge in [-0.1, -0.05) is 31.2 Å². The molecular weight excluding hydrogens is 184 g/mol. The molecule has 0 fully saturated rings. The molecule has 0 unspecified atom stereocenters. The van der Waals surface area contributed by atoms with Gasteiger partial charge in [0.15, 0.2) is 0 Å². The summed E-state index contributed by atoms with van der Waals surface area (Å²) in [6, 6.07) is 8.54. The number of nitrogens with zero attached hydrogens (tertiary/aromatic N) is 1. The van der Waals surface area contributed by atoms with Gasteiger partial charge in [0, 0.05) is 18.3 Å². The third kappa shape index (κ3) is 2.27. The molecule has 1 aromatic carbocycles. The summed E-state index contributed by atoms with van der Waals surface area (Å²) in [6.07, 6.45) is 3.86. The zero-order valence-electron chi connectivity index (χ0n) is 9.25. The number of hydrogen-bond donors (Lipinski definition) is 1. The summed E-state index contributed by atoms with van der Waals surface area (Å²) >= 11 is 0. The molecule has 0 radical (unpaired) electrons. The third-order valence-electron chi connectivity index (χ3n) is 2.61. The lowest BCUT2D eigenvalue weighted by Crippen LogP contribution is -1.95. The molecule has 1 heterocycles. The smallest absolute Gasteiger partial charge is 0.110 e. The molecule has 0 atom stereocenters.